The van der Waals surface area contributed by atoms with E-state index >= 15 is 0 Å². The van der Waals surface area contributed by atoms with Gasteiger partial charge in [0.05, 0.1) is 6.61 Å². The first-order valence-electron chi connectivity index (χ1n) is 8.31. The van der Waals surface area contributed by atoms with Gasteiger partial charge in [-0.2, -0.15) is 8.78 Å². The Morgan fingerprint density at radius 3 is 2.67 bits per heavy atom. The average molecular weight is 521 g/mol. The molecule has 27 heavy (non-hydrogen) atoms. The summed E-state index contributed by atoms with van der Waals surface area (Å²) in [6.07, 6.45) is 0.928. The van der Waals surface area contributed by atoms with E-state index in [0.717, 1.165) is 26.1 Å². The SMILES string of the molecule is CN=C(NCCCN(C)CCOC)NCc1cc(Cl)ccc1OC(F)F.I. The Bertz CT molecular complexity index is 568. The highest BCUT2D eigenvalue weighted by molar-refractivity contribution is 14.0. The highest BCUT2D eigenvalue weighted by Crippen LogP contribution is 2.24. The van der Waals surface area contributed by atoms with Gasteiger partial charge in [0.2, 0.25) is 0 Å². The van der Waals surface area contributed by atoms with E-state index in [9.17, 15) is 8.78 Å². The zero-order valence-electron chi connectivity index (χ0n) is 15.8. The quantitative estimate of drug-likeness (QED) is 0.203. The molecule has 6 nitrogen and oxygen atoms in total. The molecule has 1 aromatic rings. The van der Waals surface area contributed by atoms with Crippen LogP contribution in [0.25, 0.3) is 0 Å². The average Bonchev–Trinajstić information content (AvgIpc) is 2.61. The van der Waals surface area contributed by atoms with Crippen molar-refractivity contribution < 1.29 is 18.3 Å². The lowest BCUT2D eigenvalue weighted by molar-refractivity contribution is -0.0504. The lowest BCUT2D eigenvalue weighted by atomic mass is 10.2. The summed E-state index contributed by atoms with van der Waals surface area (Å²) in [5, 5.41) is 6.71. The van der Waals surface area contributed by atoms with Gasteiger partial charge in [-0.25, -0.2) is 0 Å². The predicted octanol–water partition coefficient (Wildman–Crippen LogP) is 3.19. The number of aliphatic imine (C=N–C) groups is 1. The number of hydrogen-bond donors (Lipinski definition) is 2. The fourth-order valence-electron chi connectivity index (χ4n) is 2.21. The Hall–Kier alpha value is -0.910. The minimum atomic E-state index is -2.89. The van der Waals surface area contributed by atoms with Crippen molar-refractivity contribution in [2.24, 2.45) is 4.99 Å². The van der Waals surface area contributed by atoms with Crippen LogP contribution in [0.5, 0.6) is 5.75 Å². The Morgan fingerprint density at radius 1 is 1.30 bits per heavy atom. The molecule has 0 aliphatic rings. The van der Waals surface area contributed by atoms with Crippen molar-refractivity contribution in [3.63, 3.8) is 0 Å². The topological polar surface area (TPSA) is 58.1 Å². The molecule has 0 spiro atoms. The van der Waals surface area contributed by atoms with Gasteiger partial charge in [0, 0.05) is 44.4 Å². The minimum absolute atomic E-state index is 0. The van der Waals surface area contributed by atoms with Gasteiger partial charge in [0.25, 0.3) is 0 Å². The molecule has 0 saturated heterocycles. The molecule has 10 heteroatoms. The third-order valence-electron chi connectivity index (χ3n) is 3.59. The number of nitrogens with one attached hydrogen (secondary N) is 2. The zero-order valence-corrected chi connectivity index (χ0v) is 18.9. The molecule has 0 fully saturated rings. The molecular weight excluding hydrogens is 493 g/mol. The predicted molar refractivity (Wildman–Crippen MR) is 116 cm³/mol. The molecular formula is C17H28ClF2IN4O2. The molecule has 0 unspecified atom stereocenters. The van der Waals surface area contributed by atoms with Gasteiger partial charge in [-0.15, -0.1) is 24.0 Å². The van der Waals surface area contributed by atoms with E-state index < -0.39 is 6.61 Å². The van der Waals surface area contributed by atoms with Crippen LogP contribution in [-0.2, 0) is 11.3 Å². The fraction of sp³-hybridized carbons (Fsp3) is 0.588. The number of rotatable bonds is 11. The van der Waals surface area contributed by atoms with Crippen molar-refractivity contribution in [1.82, 2.24) is 15.5 Å². The first-order valence-corrected chi connectivity index (χ1v) is 8.69. The number of halogens is 4. The van der Waals surface area contributed by atoms with Gasteiger partial charge in [0.15, 0.2) is 5.96 Å². The van der Waals surface area contributed by atoms with Crippen molar-refractivity contribution in [2.75, 3.05) is 47.4 Å². The van der Waals surface area contributed by atoms with Crippen molar-refractivity contribution >= 4 is 41.5 Å². The van der Waals surface area contributed by atoms with Gasteiger partial charge in [-0.1, -0.05) is 11.6 Å². The number of nitrogens with zero attached hydrogens (tertiary/aromatic N) is 2. The highest BCUT2D eigenvalue weighted by atomic mass is 127. The van der Waals surface area contributed by atoms with E-state index in [1.165, 1.54) is 12.1 Å². The Labute approximate surface area is 181 Å². The molecule has 1 rings (SSSR count). The summed E-state index contributed by atoms with van der Waals surface area (Å²) < 4.78 is 34.5. The van der Waals surface area contributed by atoms with Crippen LogP contribution in [0.3, 0.4) is 0 Å². The zero-order chi connectivity index (χ0) is 19.4. The van der Waals surface area contributed by atoms with Gasteiger partial charge in [0.1, 0.15) is 5.75 Å². The normalized spacial score (nSPS) is 11.5. The van der Waals surface area contributed by atoms with Crippen LogP contribution in [0.1, 0.15) is 12.0 Å². The molecule has 0 aliphatic carbocycles. The second-order valence-corrected chi connectivity index (χ2v) is 6.07. The molecule has 0 amide bonds. The van der Waals surface area contributed by atoms with Crippen LogP contribution in [0.4, 0.5) is 8.78 Å². The molecule has 156 valence electrons. The molecule has 1 aromatic carbocycles. The van der Waals surface area contributed by atoms with Gasteiger partial charge in [-0.3, -0.25) is 4.99 Å². The molecule has 2 N–H and O–H groups in total. The molecule has 0 atom stereocenters. The van der Waals surface area contributed by atoms with Gasteiger partial charge in [-0.05, 0) is 38.2 Å². The number of methoxy groups -OCH3 is 1. The number of ether oxygens (including phenoxy) is 2. The number of hydrogen-bond acceptors (Lipinski definition) is 4. The number of guanidine groups is 1. The molecule has 0 aromatic heterocycles. The van der Waals surface area contributed by atoms with Crippen LogP contribution < -0.4 is 15.4 Å². The molecule has 0 aliphatic heterocycles. The molecule has 0 bridgehead atoms. The maximum absolute atomic E-state index is 12.5. The maximum atomic E-state index is 12.5. The van der Waals surface area contributed by atoms with Gasteiger partial charge >= 0.3 is 6.61 Å². The first-order chi connectivity index (χ1) is 12.5. The third kappa shape index (κ3) is 11.5. The van der Waals surface area contributed by atoms with E-state index in [1.54, 1.807) is 20.2 Å². The summed E-state index contributed by atoms with van der Waals surface area (Å²) in [6, 6.07) is 4.53. The van der Waals surface area contributed by atoms with Crippen LogP contribution in [0, 0.1) is 0 Å². The summed E-state index contributed by atoms with van der Waals surface area (Å²) in [5.41, 5.74) is 0.528. The largest absolute Gasteiger partial charge is 0.434 e. The monoisotopic (exact) mass is 520 g/mol. The lowest BCUT2D eigenvalue weighted by Gasteiger charge is -2.17. The Balaban J connectivity index is 0.00000676. The van der Waals surface area contributed by atoms with Crippen LogP contribution in [0.2, 0.25) is 5.02 Å². The van der Waals surface area contributed by atoms with Crippen molar-refractivity contribution in [2.45, 2.75) is 19.6 Å². The van der Waals surface area contributed by atoms with Crippen LogP contribution in [-0.4, -0.2) is 64.9 Å². The van der Waals surface area contributed by atoms with E-state index in [4.69, 9.17) is 16.3 Å². The van der Waals surface area contributed by atoms with E-state index in [0.29, 0.717) is 23.2 Å². The summed E-state index contributed by atoms with van der Waals surface area (Å²) in [5.74, 6) is 0.666. The van der Waals surface area contributed by atoms with E-state index in [1.807, 2.05) is 7.05 Å². The van der Waals surface area contributed by atoms with Gasteiger partial charge < -0.3 is 25.0 Å². The summed E-state index contributed by atoms with van der Waals surface area (Å²) >= 11 is 5.94. The van der Waals surface area contributed by atoms with Crippen molar-refractivity contribution in [3.8, 4) is 5.75 Å². The number of likely N-dealkylation sites (N-methyl/N-ethyl adjacent to an activating group) is 1. The number of benzene rings is 1. The van der Waals surface area contributed by atoms with Crippen LogP contribution >= 0.6 is 35.6 Å². The van der Waals surface area contributed by atoms with Crippen LogP contribution in [0.15, 0.2) is 23.2 Å². The van der Waals surface area contributed by atoms with E-state index in [2.05, 4.69) is 25.3 Å². The fourth-order valence-corrected chi connectivity index (χ4v) is 2.41. The first kappa shape index (κ1) is 26.1. The minimum Gasteiger partial charge on any atom is -0.434 e. The lowest BCUT2D eigenvalue weighted by Crippen LogP contribution is -2.38. The summed E-state index contributed by atoms with van der Waals surface area (Å²) in [4.78, 5) is 6.30. The van der Waals surface area contributed by atoms with Crippen molar-refractivity contribution in [3.05, 3.63) is 28.8 Å². The Kier molecular flexibility index (Phi) is 14.6. The van der Waals surface area contributed by atoms with Crippen molar-refractivity contribution in [1.29, 1.82) is 0 Å². The van der Waals surface area contributed by atoms with E-state index in [-0.39, 0.29) is 36.3 Å². The molecule has 0 saturated carbocycles. The molecule has 0 radical (unpaired) electrons. The number of alkyl halides is 2. The Morgan fingerprint density at radius 2 is 2.04 bits per heavy atom. The third-order valence-corrected chi connectivity index (χ3v) is 3.83. The smallest absolute Gasteiger partial charge is 0.387 e. The highest BCUT2D eigenvalue weighted by Gasteiger charge is 2.11. The maximum Gasteiger partial charge on any atom is 0.387 e. The second-order valence-electron chi connectivity index (χ2n) is 5.63. The molecule has 0 heterocycles. The summed E-state index contributed by atoms with van der Waals surface area (Å²) in [6.45, 7) is 0.611. The summed E-state index contributed by atoms with van der Waals surface area (Å²) in [7, 11) is 5.37. The second kappa shape index (κ2) is 15.1. The standard InChI is InChI=1S/C17H27ClF2N4O2.HI/c1-21-17(22-7-4-8-24(2)9-10-25-3)23-12-13-11-14(18)5-6-15(13)26-16(19)20;/h5-6,11,16H,4,7-10,12H2,1-3H3,(H2,21,22,23);1H.